The molecule has 0 aliphatic carbocycles. The van der Waals surface area contributed by atoms with Gasteiger partial charge in [0.2, 0.25) is 5.91 Å². The van der Waals surface area contributed by atoms with Gasteiger partial charge in [-0.15, -0.1) is 0 Å². The van der Waals surface area contributed by atoms with Gasteiger partial charge in [-0.2, -0.15) is 0 Å². The molecule has 0 fully saturated rings. The van der Waals surface area contributed by atoms with Crippen molar-refractivity contribution >= 4 is 38.6 Å². The second-order valence-corrected chi connectivity index (χ2v) is 4.14. The number of rotatable bonds is 3. The summed E-state index contributed by atoms with van der Waals surface area (Å²) in [5.74, 6) is -1.72. The third kappa shape index (κ3) is 2.34. The highest BCUT2D eigenvalue weighted by molar-refractivity contribution is 7.22. The lowest BCUT2D eigenvalue weighted by Crippen LogP contribution is -2.15. The minimum atomic E-state index is -1.15. The number of thiazole rings is 1. The Hall–Kier alpha value is -1.95. The summed E-state index contributed by atoms with van der Waals surface area (Å²) in [6.45, 7) is 0. The van der Waals surface area contributed by atoms with Crippen molar-refractivity contribution in [3.63, 3.8) is 0 Å². The van der Waals surface area contributed by atoms with E-state index in [0.29, 0.717) is 5.13 Å². The molecule has 1 aromatic carbocycles. The van der Waals surface area contributed by atoms with E-state index in [-0.39, 0.29) is 0 Å². The number of hydrogen-bond acceptors (Lipinski definition) is 4. The third-order valence-electron chi connectivity index (χ3n) is 1.85. The number of carbonyl (C=O) groups excluding carboxylic acids is 1. The Bertz CT molecular complexity index is 517. The summed E-state index contributed by atoms with van der Waals surface area (Å²) in [6, 6.07) is 7.45. The monoisotopic (exact) mass is 236 g/mol. The van der Waals surface area contributed by atoms with E-state index in [4.69, 9.17) is 5.11 Å². The van der Waals surface area contributed by atoms with Gasteiger partial charge in [0.15, 0.2) is 5.13 Å². The van der Waals surface area contributed by atoms with Crippen LogP contribution in [0.3, 0.4) is 0 Å². The number of aliphatic carboxylic acids is 1. The van der Waals surface area contributed by atoms with Gasteiger partial charge in [0, 0.05) is 0 Å². The Morgan fingerprint density at radius 3 is 2.81 bits per heavy atom. The van der Waals surface area contributed by atoms with E-state index >= 15 is 0 Å². The second kappa shape index (κ2) is 4.28. The molecule has 1 heterocycles. The van der Waals surface area contributed by atoms with E-state index in [1.54, 1.807) is 0 Å². The standard InChI is InChI=1S/C10H8N2O3S/c13-8(5-9(14)15)12-10-11-6-3-1-2-4-7(6)16-10/h1-4H,5H2,(H,14,15)(H,11,12,13). The molecule has 2 aromatic rings. The van der Waals surface area contributed by atoms with Gasteiger partial charge in [-0.05, 0) is 12.1 Å². The Labute approximate surface area is 94.7 Å². The number of anilines is 1. The fraction of sp³-hybridized carbons (Fsp3) is 0.100. The number of fused-ring (bicyclic) bond motifs is 1. The van der Waals surface area contributed by atoms with E-state index in [9.17, 15) is 9.59 Å². The summed E-state index contributed by atoms with van der Waals surface area (Å²) in [6.07, 6.45) is -0.546. The summed E-state index contributed by atoms with van der Waals surface area (Å²) in [7, 11) is 0. The number of carboxylic acid groups (broad SMARTS) is 1. The Morgan fingerprint density at radius 1 is 1.38 bits per heavy atom. The maximum atomic E-state index is 11.2. The van der Waals surface area contributed by atoms with Crippen LogP contribution in [0.15, 0.2) is 24.3 Å². The minimum Gasteiger partial charge on any atom is -0.481 e. The Morgan fingerprint density at radius 2 is 2.12 bits per heavy atom. The molecular weight excluding hydrogens is 228 g/mol. The molecular formula is C10H8N2O3S. The van der Waals surface area contributed by atoms with Crippen LogP contribution in [0.25, 0.3) is 10.2 Å². The van der Waals surface area contributed by atoms with Crippen molar-refractivity contribution in [3.05, 3.63) is 24.3 Å². The van der Waals surface area contributed by atoms with Crippen molar-refractivity contribution in [2.75, 3.05) is 5.32 Å². The number of benzene rings is 1. The SMILES string of the molecule is O=C(O)CC(=O)Nc1nc2ccccc2s1. The third-order valence-corrected chi connectivity index (χ3v) is 2.80. The zero-order chi connectivity index (χ0) is 11.5. The molecule has 0 saturated carbocycles. The first-order valence-corrected chi connectivity index (χ1v) is 5.34. The van der Waals surface area contributed by atoms with Crippen LogP contribution in [-0.4, -0.2) is 22.0 Å². The van der Waals surface area contributed by atoms with Gasteiger partial charge in [0.05, 0.1) is 10.2 Å². The number of para-hydroxylation sites is 1. The number of carboxylic acids is 1. The first-order valence-electron chi connectivity index (χ1n) is 4.52. The van der Waals surface area contributed by atoms with Crippen molar-refractivity contribution in [1.29, 1.82) is 0 Å². The maximum Gasteiger partial charge on any atom is 0.312 e. The minimum absolute atomic E-state index is 0.424. The normalized spacial score (nSPS) is 10.2. The molecule has 0 radical (unpaired) electrons. The van der Waals surface area contributed by atoms with Crippen molar-refractivity contribution in [2.24, 2.45) is 0 Å². The highest BCUT2D eigenvalue weighted by Crippen LogP contribution is 2.25. The highest BCUT2D eigenvalue weighted by Gasteiger charge is 2.10. The number of nitrogens with one attached hydrogen (secondary N) is 1. The summed E-state index contributed by atoms with van der Waals surface area (Å²) in [5.41, 5.74) is 0.790. The van der Waals surface area contributed by atoms with Crippen molar-refractivity contribution in [3.8, 4) is 0 Å². The molecule has 0 saturated heterocycles. The van der Waals surface area contributed by atoms with Crippen molar-refractivity contribution < 1.29 is 14.7 Å². The topological polar surface area (TPSA) is 79.3 Å². The molecule has 16 heavy (non-hydrogen) atoms. The number of nitrogens with zero attached hydrogens (tertiary/aromatic N) is 1. The maximum absolute atomic E-state index is 11.2. The van der Waals surface area contributed by atoms with Gasteiger partial charge < -0.3 is 10.4 Å². The molecule has 2 N–H and O–H groups in total. The van der Waals surface area contributed by atoms with Crippen molar-refractivity contribution in [2.45, 2.75) is 6.42 Å². The number of aromatic nitrogens is 1. The smallest absolute Gasteiger partial charge is 0.312 e. The molecule has 0 aliphatic rings. The molecule has 0 bridgehead atoms. The summed E-state index contributed by atoms with van der Waals surface area (Å²) >= 11 is 1.32. The average Bonchev–Trinajstić information content (AvgIpc) is 2.57. The lowest BCUT2D eigenvalue weighted by Gasteiger charge is -1.96. The molecule has 5 nitrogen and oxygen atoms in total. The molecule has 0 spiro atoms. The number of hydrogen-bond donors (Lipinski definition) is 2. The van der Waals surface area contributed by atoms with Gasteiger partial charge in [0.25, 0.3) is 0 Å². The van der Waals surface area contributed by atoms with Crippen LogP contribution in [0.2, 0.25) is 0 Å². The van der Waals surface area contributed by atoms with Crippen LogP contribution < -0.4 is 5.32 Å². The van der Waals surface area contributed by atoms with E-state index in [0.717, 1.165) is 10.2 Å². The predicted molar refractivity (Wildman–Crippen MR) is 60.5 cm³/mol. The van der Waals surface area contributed by atoms with Gasteiger partial charge >= 0.3 is 5.97 Å². The number of carbonyl (C=O) groups is 2. The van der Waals surface area contributed by atoms with Crippen molar-refractivity contribution in [1.82, 2.24) is 4.98 Å². The first kappa shape index (κ1) is 10.6. The van der Waals surface area contributed by atoms with E-state index in [2.05, 4.69) is 10.3 Å². The molecule has 6 heteroatoms. The molecule has 1 amide bonds. The molecule has 1 aromatic heterocycles. The Balaban J connectivity index is 2.15. The zero-order valence-corrected chi connectivity index (χ0v) is 8.95. The molecule has 82 valence electrons. The van der Waals surface area contributed by atoms with Crippen LogP contribution in [0.1, 0.15) is 6.42 Å². The van der Waals surface area contributed by atoms with Crippen LogP contribution in [0.5, 0.6) is 0 Å². The Kier molecular flexibility index (Phi) is 2.82. The molecule has 0 unspecified atom stereocenters. The lowest BCUT2D eigenvalue weighted by atomic mass is 10.3. The summed E-state index contributed by atoms with van der Waals surface area (Å²) in [4.78, 5) is 25.6. The van der Waals surface area contributed by atoms with E-state index in [1.165, 1.54) is 11.3 Å². The molecule has 0 aliphatic heterocycles. The summed E-state index contributed by atoms with van der Waals surface area (Å²) < 4.78 is 0.952. The fourth-order valence-corrected chi connectivity index (χ4v) is 2.11. The summed E-state index contributed by atoms with van der Waals surface area (Å²) in [5, 5.41) is 11.3. The van der Waals surface area contributed by atoms with Gasteiger partial charge in [-0.1, -0.05) is 23.5 Å². The quantitative estimate of drug-likeness (QED) is 0.795. The molecule has 0 atom stereocenters. The van der Waals surface area contributed by atoms with Gasteiger partial charge in [-0.3, -0.25) is 9.59 Å². The largest absolute Gasteiger partial charge is 0.481 e. The van der Waals surface area contributed by atoms with Gasteiger partial charge in [-0.25, -0.2) is 4.98 Å². The molecule has 2 rings (SSSR count). The first-order chi connectivity index (χ1) is 7.65. The number of amides is 1. The predicted octanol–water partition coefficient (Wildman–Crippen LogP) is 1.71. The van der Waals surface area contributed by atoms with Crippen LogP contribution in [0, 0.1) is 0 Å². The lowest BCUT2D eigenvalue weighted by molar-refractivity contribution is -0.139. The van der Waals surface area contributed by atoms with Crippen LogP contribution >= 0.6 is 11.3 Å². The average molecular weight is 236 g/mol. The highest BCUT2D eigenvalue weighted by atomic mass is 32.1. The van der Waals surface area contributed by atoms with Crippen LogP contribution in [0.4, 0.5) is 5.13 Å². The van der Waals surface area contributed by atoms with E-state index < -0.39 is 18.3 Å². The van der Waals surface area contributed by atoms with Gasteiger partial charge in [0.1, 0.15) is 6.42 Å². The van der Waals surface area contributed by atoms with E-state index in [1.807, 2.05) is 24.3 Å². The zero-order valence-electron chi connectivity index (χ0n) is 8.14. The second-order valence-electron chi connectivity index (χ2n) is 3.11. The fourth-order valence-electron chi connectivity index (χ4n) is 1.23. The van der Waals surface area contributed by atoms with Crippen LogP contribution in [-0.2, 0) is 9.59 Å².